The van der Waals surface area contributed by atoms with Crippen LogP contribution < -0.4 is 5.32 Å². The van der Waals surface area contributed by atoms with Crippen molar-refractivity contribution in [1.82, 2.24) is 14.9 Å². The third-order valence-corrected chi connectivity index (χ3v) is 4.03. The average molecular weight is 289 g/mol. The van der Waals surface area contributed by atoms with Crippen LogP contribution in [-0.2, 0) is 13.0 Å². The molecule has 0 saturated heterocycles. The Labute approximate surface area is 125 Å². The quantitative estimate of drug-likeness (QED) is 0.568. The Morgan fingerprint density at radius 1 is 1.20 bits per heavy atom. The average Bonchev–Trinajstić information content (AvgIpc) is 2.93. The van der Waals surface area contributed by atoms with E-state index in [-0.39, 0.29) is 0 Å². The first-order valence-corrected chi connectivity index (χ1v) is 8.26. The first-order valence-electron chi connectivity index (χ1n) is 7.27. The molecule has 0 spiro atoms. The summed E-state index contributed by atoms with van der Waals surface area (Å²) < 4.78 is 2.19. The van der Waals surface area contributed by atoms with E-state index in [9.17, 15) is 0 Å². The molecule has 0 radical (unpaired) electrons. The Bertz CT molecular complexity index is 481. The maximum atomic E-state index is 4.45. The van der Waals surface area contributed by atoms with Gasteiger partial charge in [-0.05, 0) is 25.1 Å². The van der Waals surface area contributed by atoms with E-state index in [1.165, 1.54) is 17.0 Å². The van der Waals surface area contributed by atoms with Gasteiger partial charge in [-0.25, -0.2) is 4.98 Å². The fraction of sp³-hybridized carbons (Fsp3) is 0.438. The van der Waals surface area contributed by atoms with Crippen molar-refractivity contribution in [1.29, 1.82) is 0 Å². The molecule has 0 amide bonds. The van der Waals surface area contributed by atoms with Crippen LogP contribution in [0.3, 0.4) is 0 Å². The highest BCUT2D eigenvalue weighted by atomic mass is 32.2. The zero-order valence-corrected chi connectivity index (χ0v) is 12.9. The Morgan fingerprint density at radius 2 is 2.05 bits per heavy atom. The van der Waals surface area contributed by atoms with Gasteiger partial charge in [-0.1, -0.05) is 25.1 Å². The van der Waals surface area contributed by atoms with E-state index >= 15 is 0 Å². The summed E-state index contributed by atoms with van der Waals surface area (Å²) >= 11 is 1.89. The topological polar surface area (TPSA) is 29.9 Å². The minimum atomic E-state index is 1.01. The number of aryl methyl sites for hydroxylation is 1. The summed E-state index contributed by atoms with van der Waals surface area (Å²) in [5.41, 5.74) is 1.18. The summed E-state index contributed by atoms with van der Waals surface area (Å²) in [7, 11) is 0. The number of nitrogens with one attached hydrogen (secondary N) is 1. The molecule has 2 rings (SSSR count). The second kappa shape index (κ2) is 8.82. The summed E-state index contributed by atoms with van der Waals surface area (Å²) in [4.78, 5) is 5.78. The second-order valence-corrected chi connectivity index (χ2v) is 5.93. The molecule has 0 aliphatic heterocycles. The van der Waals surface area contributed by atoms with Gasteiger partial charge < -0.3 is 9.88 Å². The van der Waals surface area contributed by atoms with Gasteiger partial charge in [-0.2, -0.15) is 0 Å². The smallest absolute Gasteiger partial charge is 0.0949 e. The van der Waals surface area contributed by atoms with Gasteiger partial charge in [0.05, 0.1) is 12.0 Å². The lowest BCUT2D eigenvalue weighted by atomic mass is 10.3. The van der Waals surface area contributed by atoms with Crippen molar-refractivity contribution in [3.8, 4) is 0 Å². The molecule has 0 aliphatic rings. The normalized spacial score (nSPS) is 10.8. The van der Waals surface area contributed by atoms with Crippen LogP contribution in [0.2, 0.25) is 0 Å². The molecule has 4 heteroatoms. The van der Waals surface area contributed by atoms with Gasteiger partial charge in [0.25, 0.3) is 0 Å². The highest BCUT2D eigenvalue weighted by Crippen LogP contribution is 2.17. The van der Waals surface area contributed by atoms with Crippen molar-refractivity contribution >= 4 is 11.8 Å². The third-order valence-electron chi connectivity index (χ3n) is 3.03. The summed E-state index contributed by atoms with van der Waals surface area (Å²) in [6.07, 6.45) is 6.31. The van der Waals surface area contributed by atoms with Crippen LogP contribution in [0.15, 0.2) is 47.8 Å². The summed E-state index contributed by atoms with van der Waals surface area (Å²) in [5, 5.41) is 3.40. The molecule has 2 aromatic rings. The van der Waals surface area contributed by atoms with E-state index < -0.39 is 0 Å². The maximum Gasteiger partial charge on any atom is 0.0949 e. The lowest BCUT2D eigenvalue weighted by Crippen LogP contribution is -2.17. The molecule has 1 aromatic carbocycles. The van der Waals surface area contributed by atoms with E-state index in [0.29, 0.717) is 0 Å². The standard InChI is InChI=1S/C16H23N3S/c1-2-9-17-10-8-15-13-19(14-18-15)11-12-20-16-6-4-3-5-7-16/h3-7,13-14,17H,2,8-12H2,1H3. The van der Waals surface area contributed by atoms with E-state index in [1.807, 2.05) is 18.1 Å². The maximum absolute atomic E-state index is 4.45. The summed E-state index contributed by atoms with van der Waals surface area (Å²) in [6.45, 7) is 5.30. The molecular formula is C16H23N3S. The van der Waals surface area contributed by atoms with Crippen molar-refractivity contribution in [2.75, 3.05) is 18.8 Å². The SMILES string of the molecule is CCCNCCc1cn(CCSc2ccccc2)cn1. The first kappa shape index (κ1) is 15.1. The van der Waals surface area contributed by atoms with E-state index in [0.717, 1.165) is 31.8 Å². The molecule has 1 heterocycles. The monoisotopic (exact) mass is 289 g/mol. The number of thioether (sulfide) groups is 1. The van der Waals surface area contributed by atoms with Crippen molar-refractivity contribution in [3.05, 3.63) is 48.5 Å². The van der Waals surface area contributed by atoms with E-state index in [4.69, 9.17) is 0 Å². The number of nitrogens with zero attached hydrogens (tertiary/aromatic N) is 2. The third kappa shape index (κ3) is 5.39. The predicted octanol–water partition coefficient (Wildman–Crippen LogP) is 3.22. The van der Waals surface area contributed by atoms with Gasteiger partial charge in [-0.15, -0.1) is 11.8 Å². The van der Waals surface area contributed by atoms with Crippen LogP contribution in [0, 0.1) is 0 Å². The van der Waals surface area contributed by atoms with Gasteiger partial charge in [0.15, 0.2) is 0 Å². The Morgan fingerprint density at radius 3 is 2.85 bits per heavy atom. The molecule has 0 fully saturated rings. The van der Waals surface area contributed by atoms with Crippen LogP contribution in [0.5, 0.6) is 0 Å². The molecule has 1 N–H and O–H groups in total. The van der Waals surface area contributed by atoms with Crippen molar-refractivity contribution in [2.45, 2.75) is 31.2 Å². The molecule has 0 atom stereocenters. The highest BCUT2D eigenvalue weighted by Gasteiger charge is 1.99. The number of aromatic nitrogens is 2. The van der Waals surface area contributed by atoms with Gasteiger partial charge in [0.2, 0.25) is 0 Å². The molecule has 1 aromatic heterocycles. The van der Waals surface area contributed by atoms with Gasteiger partial charge in [0, 0.05) is 36.4 Å². The molecule has 0 bridgehead atoms. The minimum Gasteiger partial charge on any atom is -0.336 e. The second-order valence-electron chi connectivity index (χ2n) is 4.76. The lowest BCUT2D eigenvalue weighted by Gasteiger charge is -2.02. The molecule has 0 saturated carbocycles. The van der Waals surface area contributed by atoms with Crippen LogP contribution >= 0.6 is 11.8 Å². The zero-order valence-electron chi connectivity index (χ0n) is 12.1. The van der Waals surface area contributed by atoms with Crippen LogP contribution in [0.25, 0.3) is 0 Å². The minimum absolute atomic E-state index is 1.01. The molecule has 0 aliphatic carbocycles. The van der Waals surface area contributed by atoms with Gasteiger partial charge in [0.1, 0.15) is 0 Å². The first-order chi connectivity index (χ1) is 9.88. The molecule has 20 heavy (non-hydrogen) atoms. The molecule has 0 unspecified atom stereocenters. The van der Waals surface area contributed by atoms with E-state index in [2.05, 4.69) is 58.3 Å². The fourth-order valence-corrected chi connectivity index (χ4v) is 2.85. The number of rotatable bonds is 9. The Kier molecular flexibility index (Phi) is 6.68. The zero-order chi connectivity index (χ0) is 14.0. The largest absolute Gasteiger partial charge is 0.336 e. The van der Waals surface area contributed by atoms with Gasteiger partial charge in [-0.3, -0.25) is 0 Å². The molecule has 108 valence electrons. The number of imidazole rings is 1. The lowest BCUT2D eigenvalue weighted by molar-refractivity contribution is 0.666. The van der Waals surface area contributed by atoms with Crippen molar-refractivity contribution in [3.63, 3.8) is 0 Å². The predicted molar refractivity (Wildman–Crippen MR) is 86.3 cm³/mol. The van der Waals surface area contributed by atoms with Gasteiger partial charge >= 0.3 is 0 Å². The number of benzene rings is 1. The van der Waals surface area contributed by atoms with Crippen LogP contribution in [-0.4, -0.2) is 28.4 Å². The highest BCUT2D eigenvalue weighted by molar-refractivity contribution is 7.99. The van der Waals surface area contributed by atoms with Crippen molar-refractivity contribution < 1.29 is 0 Å². The summed E-state index contributed by atoms with van der Waals surface area (Å²) in [6, 6.07) is 10.5. The number of hydrogen-bond acceptors (Lipinski definition) is 3. The molecular weight excluding hydrogens is 266 g/mol. The Balaban J connectivity index is 1.67. The van der Waals surface area contributed by atoms with E-state index in [1.54, 1.807) is 0 Å². The Hall–Kier alpha value is -1.26. The van der Waals surface area contributed by atoms with Crippen LogP contribution in [0.1, 0.15) is 19.0 Å². The number of hydrogen-bond donors (Lipinski definition) is 1. The summed E-state index contributed by atoms with van der Waals surface area (Å²) in [5.74, 6) is 1.08. The molecule has 3 nitrogen and oxygen atoms in total. The van der Waals surface area contributed by atoms with Crippen molar-refractivity contribution in [2.24, 2.45) is 0 Å². The fourth-order valence-electron chi connectivity index (χ4n) is 1.96. The van der Waals surface area contributed by atoms with Crippen LogP contribution in [0.4, 0.5) is 0 Å².